The Morgan fingerprint density at radius 1 is 1.10 bits per heavy atom. The molecular formula is C21H31IN6O. The Kier molecular flexibility index (Phi) is 8.81. The molecule has 0 aliphatic carbocycles. The summed E-state index contributed by atoms with van der Waals surface area (Å²) < 4.78 is 5.51. The highest BCUT2D eigenvalue weighted by molar-refractivity contribution is 14.0. The first-order valence-electron chi connectivity index (χ1n) is 9.59. The zero-order chi connectivity index (χ0) is 19.9. The molecule has 1 aliphatic rings. The Morgan fingerprint density at radius 3 is 2.48 bits per heavy atom. The number of hydrogen-bond acceptors (Lipinski definition) is 5. The van der Waals surface area contributed by atoms with Crippen LogP contribution in [0.3, 0.4) is 0 Å². The normalized spacial score (nSPS) is 14.3. The molecule has 0 radical (unpaired) electrons. The number of pyridine rings is 1. The number of piperazine rings is 1. The van der Waals surface area contributed by atoms with E-state index in [1.165, 1.54) is 0 Å². The molecule has 7 nitrogen and oxygen atoms in total. The number of nitrogens with zero attached hydrogens (tertiary/aromatic N) is 5. The Morgan fingerprint density at radius 2 is 1.83 bits per heavy atom. The Bertz CT molecular complexity index is 805. The van der Waals surface area contributed by atoms with Gasteiger partial charge in [0.2, 0.25) is 0 Å². The molecule has 1 saturated heterocycles. The zero-order valence-corrected chi connectivity index (χ0v) is 20.0. The second-order valence-corrected chi connectivity index (χ2v) is 6.93. The summed E-state index contributed by atoms with van der Waals surface area (Å²) in [5, 5.41) is 3.45. The third kappa shape index (κ3) is 5.88. The lowest BCUT2D eigenvalue weighted by molar-refractivity contribution is 0.367. The highest BCUT2D eigenvalue weighted by atomic mass is 127. The van der Waals surface area contributed by atoms with E-state index >= 15 is 0 Å². The van der Waals surface area contributed by atoms with Gasteiger partial charge in [-0.3, -0.25) is 4.99 Å². The summed E-state index contributed by atoms with van der Waals surface area (Å²) in [6.45, 7) is 4.32. The summed E-state index contributed by atoms with van der Waals surface area (Å²) in [5.41, 5.74) is 2.15. The van der Waals surface area contributed by atoms with Crippen LogP contribution < -0.4 is 19.9 Å². The Balaban J connectivity index is 0.00000300. The number of nitrogens with one attached hydrogen (secondary N) is 1. The number of benzene rings is 1. The lowest BCUT2D eigenvalue weighted by atomic mass is 10.2. The van der Waals surface area contributed by atoms with Crippen molar-refractivity contribution < 1.29 is 4.74 Å². The topological polar surface area (TPSA) is 56.2 Å². The molecule has 1 N–H and O–H groups in total. The maximum absolute atomic E-state index is 5.51. The van der Waals surface area contributed by atoms with Crippen molar-refractivity contribution in [1.82, 2.24) is 15.2 Å². The van der Waals surface area contributed by atoms with Gasteiger partial charge >= 0.3 is 0 Å². The monoisotopic (exact) mass is 510 g/mol. The number of methoxy groups -OCH3 is 1. The standard InChI is InChI=1S/C21H30N6O.HI/c1-22-21(23-16-17-8-7-11-20(24-17)25(2)3)27-14-12-26(13-15-27)18-9-5-6-10-19(18)28-4;/h5-11H,12-16H2,1-4H3,(H,22,23);1H. The number of aliphatic imine (C=N–C) groups is 1. The number of guanidine groups is 1. The fourth-order valence-electron chi connectivity index (χ4n) is 3.37. The van der Waals surface area contributed by atoms with E-state index in [2.05, 4.69) is 37.2 Å². The van der Waals surface area contributed by atoms with Crippen molar-refractivity contribution in [1.29, 1.82) is 0 Å². The maximum atomic E-state index is 5.51. The molecule has 8 heteroatoms. The smallest absolute Gasteiger partial charge is 0.194 e. The largest absolute Gasteiger partial charge is 0.495 e. The lowest BCUT2D eigenvalue weighted by Gasteiger charge is -2.38. The summed E-state index contributed by atoms with van der Waals surface area (Å²) in [6.07, 6.45) is 0. The van der Waals surface area contributed by atoms with Crippen LogP contribution in [0.4, 0.5) is 11.5 Å². The van der Waals surface area contributed by atoms with Crippen LogP contribution in [0.2, 0.25) is 0 Å². The van der Waals surface area contributed by atoms with Gasteiger partial charge in [0.15, 0.2) is 5.96 Å². The van der Waals surface area contributed by atoms with Crippen molar-refractivity contribution in [3.05, 3.63) is 48.2 Å². The van der Waals surface area contributed by atoms with Crippen LogP contribution >= 0.6 is 24.0 Å². The number of halogens is 1. The predicted octanol–water partition coefficient (Wildman–Crippen LogP) is 2.67. The fraction of sp³-hybridized carbons (Fsp3) is 0.429. The van der Waals surface area contributed by atoms with Gasteiger partial charge in [0, 0.05) is 47.3 Å². The van der Waals surface area contributed by atoms with Crippen LogP contribution in [0.1, 0.15) is 5.69 Å². The number of aromatic nitrogens is 1. The van der Waals surface area contributed by atoms with Gasteiger partial charge in [0.05, 0.1) is 25.0 Å². The van der Waals surface area contributed by atoms with Gasteiger partial charge in [0.25, 0.3) is 0 Å². The molecule has 0 bridgehead atoms. The average Bonchev–Trinajstić information content (AvgIpc) is 2.75. The van der Waals surface area contributed by atoms with Crippen LogP contribution in [0, 0.1) is 0 Å². The van der Waals surface area contributed by atoms with Crippen molar-refractivity contribution in [3.8, 4) is 5.75 Å². The van der Waals surface area contributed by atoms with Gasteiger partial charge in [-0.05, 0) is 24.3 Å². The number of ether oxygens (including phenoxy) is 1. The molecule has 158 valence electrons. The SMILES string of the molecule is CN=C(NCc1cccc(N(C)C)n1)N1CCN(c2ccccc2OC)CC1.I. The zero-order valence-electron chi connectivity index (χ0n) is 17.6. The van der Waals surface area contributed by atoms with Crippen LogP contribution in [0.5, 0.6) is 5.75 Å². The molecule has 2 aromatic rings. The van der Waals surface area contributed by atoms with E-state index in [1.807, 2.05) is 56.4 Å². The number of anilines is 2. The molecule has 0 atom stereocenters. The molecule has 1 aromatic heterocycles. The molecule has 29 heavy (non-hydrogen) atoms. The quantitative estimate of drug-likeness (QED) is 0.380. The molecular weight excluding hydrogens is 479 g/mol. The van der Waals surface area contributed by atoms with Crippen LogP contribution in [0.25, 0.3) is 0 Å². The van der Waals surface area contributed by atoms with Gasteiger partial charge in [-0.2, -0.15) is 0 Å². The van der Waals surface area contributed by atoms with Gasteiger partial charge in [-0.15, -0.1) is 24.0 Å². The van der Waals surface area contributed by atoms with E-state index in [9.17, 15) is 0 Å². The van der Waals surface area contributed by atoms with Crippen LogP contribution in [-0.4, -0.2) is 70.3 Å². The first-order chi connectivity index (χ1) is 13.6. The highest BCUT2D eigenvalue weighted by Crippen LogP contribution is 2.28. The Labute approximate surface area is 190 Å². The minimum Gasteiger partial charge on any atom is -0.495 e. The van der Waals surface area contributed by atoms with Crippen molar-refractivity contribution in [3.63, 3.8) is 0 Å². The minimum absolute atomic E-state index is 0. The molecule has 0 saturated carbocycles. The molecule has 3 rings (SSSR count). The van der Waals surface area contributed by atoms with Crippen LogP contribution in [-0.2, 0) is 6.54 Å². The molecule has 0 unspecified atom stereocenters. The van der Waals surface area contributed by atoms with Gasteiger partial charge in [0.1, 0.15) is 11.6 Å². The predicted molar refractivity (Wildman–Crippen MR) is 131 cm³/mol. The third-order valence-corrected chi connectivity index (χ3v) is 4.89. The Hall–Kier alpha value is -2.23. The highest BCUT2D eigenvalue weighted by Gasteiger charge is 2.21. The van der Waals surface area contributed by atoms with E-state index < -0.39 is 0 Å². The molecule has 1 fully saturated rings. The molecule has 0 amide bonds. The number of rotatable bonds is 5. The average molecular weight is 510 g/mol. The minimum atomic E-state index is 0. The summed E-state index contributed by atoms with van der Waals surface area (Å²) in [7, 11) is 7.55. The van der Waals surface area contributed by atoms with E-state index in [4.69, 9.17) is 4.74 Å². The van der Waals surface area contributed by atoms with E-state index in [0.29, 0.717) is 6.54 Å². The maximum Gasteiger partial charge on any atom is 0.194 e. The van der Waals surface area contributed by atoms with E-state index in [1.54, 1.807) is 7.11 Å². The number of para-hydroxylation sites is 2. The van der Waals surface area contributed by atoms with Gasteiger partial charge in [-0.25, -0.2) is 4.98 Å². The first kappa shape index (κ1) is 23.1. The molecule has 1 aliphatic heterocycles. The van der Waals surface area contributed by atoms with Crippen molar-refractivity contribution in [2.45, 2.75) is 6.54 Å². The number of hydrogen-bond donors (Lipinski definition) is 1. The first-order valence-corrected chi connectivity index (χ1v) is 9.59. The second kappa shape index (κ2) is 11.1. The summed E-state index contributed by atoms with van der Waals surface area (Å²) in [6, 6.07) is 14.3. The lowest BCUT2D eigenvalue weighted by Crippen LogP contribution is -2.52. The van der Waals surface area contributed by atoms with E-state index in [0.717, 1.165) is 55.1 Å². The van der Waals surface area contributed by atoms with Gasteiger partial charge < -0.3 is 24.8 Å². The molecule has 0 spiro atoms. The van der Waals surface area contributed by atoms with Crippen LogP contribution in [0.15, 0.2) is 47.5 Å². The van der Waals surface area contributed by atoms with Crippen molar-refractivity contribution in [2.75, 3.05) is 64.2 Å². The summed E-state index contributed by atoms with van der Waals surface area (Å²) in [4.78, 5) is 15.8. The van der Waals surface area contributed by atoms with Gasteiger partial charge in [-0.1, -0.05) is 18.2 Å². The molecule has 2 heterocycles. The molecule has 1 aromatic carbocycles. The second-order valence-electron chi connectivity index (χ2n) is 6.93. The van der Waals surface area contributed by atoms with Crippen molar-refractivity contribution >= 4 is 41.4 Å². The third-order valence-electron chi connectivity index (χ3n) is 4.89. The van der Waals surface area contributed by atoms with E-state index in [-0.39, 0.29) is 24.0 Å². The fourth-order valence-corrected chi connectivity index (χ4v) is 3.37. The summed E-state index contributed by atoms with van der Waals surface area (Å²) >= 11 is 0. The van der Waals surface area contributed by atoms with Crippen molar-refractivity contribution in [2.24, 2.45) is 4.99 Å². The summed E-state index contributed by atoms with van der Waals surface area (Å²) in [5.74, 6) is 2.79.